The zero-order chi connectivity index (χ0) is 15.8. The quantitative estimate of drug-likeness (QED) is 0.859. The van der Waals surface area contributed by atoms with Crippen molar-refractivity contribution in [3.63, 3.8) is 0 Å². The Hall–Kier alpha value is -1.38. The molecule has 8 heteroatoms. The predicted molar refractivity (Wildman–Crippen MR) is 85.2 cm³/mol. The van der Waals surface area contributed by atoms with Crippen LogP contribution in [0.25, 0.3) is 0 Å². The summed E-state index contributed by atoms with van der Waals surface area (Å²) in [6.07, 6.45) is 0. The smallest absolute Gasteiger partial charge is 0.246 e. The van der Waals surface area contributed by atoms with Crippen molar-refractivity contribution < 1.29 is 8.42 Å². The van der Waals surface area contributed by atoms with Gasteiger partial charge in [0.2, 0.25) is 10.0 Å². The Balaban J connectivity index is 2.36. The number of sulfonamides is 1. The van der Waals surface area contributed by atoms with Crippen LogP contribution < -0.4 is 10.5 Å². The molecule has 0 saturated carbocycles. The molecule has 1 aromatic carbocycles. The molecule has 0 aliphatic rings. The molecule has 2 rings (SSSR count). The maximum absolute atomic E-state index is 12.5. The number of aromatic nitrogens is 2. The molecule has 1 unspecified atom stereocenters. The van der Waals surface area contributed by atoms with E-state index in [4.69, 9.17) is 5.73 Å². The molecular formula is C13H17BrN4O2S. The van der Waals surface area contributed by atoms with Crippen LogP contribution in [0.4, 0.5) is 5.82 Å². The molecule has 6 nitrogen and oxygen atoms in total. The Morgan fingerprint density at radius 2 is 2.00 bits per heavy atom. The van der Waals surface area contributed by atoms with Crippen molar-refractivity contribution in [1.29, 1.82) is 0 Å². The van der Waals surface area contributed by atoms with E-state index in [1.165, 1.54) is 4.68 Å². The number of rotatable bonds is 4. The van der Waals surface area contributed by atoms with Gasteiger partial charge in [-0.25, -0.2) is 13.1 Å². The minimum Gasteiger partial charge on any atom is -0.381 e. The highest BCUT2D eigenvalue weighted by atomic mass is 79.9. The van der Waals surface area contributed by atoms with Gasteiger partial charge in [-0.1, -0.05) is 34.1 Å². The number of aryl methyl sites for hydroxylation is 1. The molecule has 114 valence electrons. The summed E-state index contributed by atoms with van der Waals surface area (Å²) in [4.78, 5) is 0.0314. The molecule has 1 aromatic heterocycles. The van der Waals surface area contributed by atoms with Crippen LogP contribution in [-0.4, -0.2) is 18.2 Å². The van der Waals surface area contributed by atoms with Crippen molar-refractivity contribution in [1.82, 2.24) is 14.5 Å². The third-order valence-corrected chi connectivity index (χ3v) is 5.70. The highest BCUT2D eigenvalue weighted by Gasteiger charge is 2.26. The molecule has 1 heterocycles. The fraction of sp³-hybridized carbons (Fsp3) is 0.308. The number of halogens is 1. The third kappa shape index (κ3) is 3.12. The number of benzene rings is 1. The Morgan fingerprint density at radius 3 is 2.52 bits per heavy atom. The standard InChI is InChI=1S/C13H17BrN4O2S/c1-8(10-6-4-5-7-11(10)14)17-21(19,20)12-9(2)18(3)16-13(12)15/h4-8,17H,1-3H3,(H2,15,16). The molecule has 0 aliphatic heterocycles. The number of nitrogens with two attached hydrogens (primary N) is 1. The van der Waals surface area contributed by atoms with Crippen LogP contribution in [0.5, 0.6) is 0 Å². The molecule has 0 aliphatic carbocycles. The monoisotopic (exact) mass is 372 g/mol. The Morgan fingerprint density at radius 1 is 1.38 bits per heavy atom. The van der Waals surface area contributed by atoms with E-state index >= 15 is 0 Å². The van der Waals surface area contributed by atoms with Crippen molar-refractivity contribution in [3.05, 3.63) is 40.0 Å². The average molecular weight is 373 g/mol. The zero-order valence-corrected chi connectivity index (χ0v) is 14.4. The van der Waals surface area contributed by atoms with E-state index in [-0.39, 0.29) is 10.7 Å². The second-order valence-electron chi connectivity index (χ2n) is 4.79. The van der Waals surface area contributed by atoms with Crippen molar-refractivity contribution >= 4 is 31.8 Å². The summed E-state index contributed by atoms with van der Waals surface area (Å²) in [7, 11) is -2.09. The molecule has 0 saturated heterocycles. The summed E-state index contributed by atoms with van der Waals surface area (Å²) in [5, 5.41) is 3.94. The van der Waals surface area contributed by atoms with Gasteiger partial charge in [-0.15, -0.1) is 0 Å². The minimum atomic E-state index is -3.74. The molecular weight excluding hydrogens is 356 g/mol. The summed E-state index contributed by atoms with van der Waals surface area (Å²) >= 11 is 3.42. The molecule has 0 radical (unpaired) electrons. The van der Waals surface area contributed by atoms with Gasteiger partial charge in [-0.05, 0) is 25.5 Å². The van der Waals surface area contributed by atoms with Gasteiger partial charge in [0.1, 0.15) is 4.90 Å². The van der Waals surface area contributed by atoms with Gasteiger partial charge < -0.3 is 5.73 Å². The maximum Gasteiger partial charge on any atom is 0.246 e. The second kappa shape index (κ2) is 5.78. The molecule has 3 N–H and O–H groups in total. The lowest BCUT2D eigenvalue weighted by Crippen LogP contribution is -2.28. The molecule has 1 atom stereocenters. The van der Waals surface area contributed by atoms with Gasteiger partial charge in [0.25, 0.3) is 0 Å². The Labute approximate surface area is 132 Å². The van der Waals surface area contributed by atoms with Gasteiger partial charge in [0, 0.05) is 17.6 Å². The number of nitrogen functional groups attached to an aromatic ring is 1. The average Bonchev–Trinajstić information content (AvgIpc) is 2.63. The van der Waals surface area contributed by atoms with E-state index in [2.05, 4.69) is 25.8 Å². The first-order valence-corrected chi connectivity index (χ1v) is 8.57. The summed E-state index contributed by atoms with van der Waals surface area (Å²) in [6.45, 7) is 3.44. The molecule has 21 heavy (non-hydrogen) atoms. The van der Waals surface area contributed by atoms with E-state index in [0.717, 1.165) is 10.0 Å². The van der Waals surface area contributed by atoms with Crippen LogP contribution in [0, 0.1) is 6.92 Å². The van der Waals surface area contributed by atoms with Crippen LogP contribution in [0.3, 0.4) is 0 Å². The predicted octanol–water partition coefficient (Wildman–Crippen LogP) is 2.11. The van der Waals surface area contributed by atoms with E-state index in [1.807, 2.05) is 24.3 Å². The lowest BCUT2D eigenvalue weighted by Gasteiger charge is -2.16. The Bertz CT molecular complexity index is 770. The molecule has 0 spiro atoms. The van der Waals surface area contributed by atoms with Crippen molar-refractivity contribution in [2.75, 3.05) is 5.73 Å². The largest absolute Gasteiger partial charge is 0.381 e. The molecule has 0 amide bonds. The first-order chi connectivity index (χ1) is 9.74. The van der Waals surface area contributed by atoms with E-state index in [1.54, 1.807) is 20.9 Å². The Kier molecular flexibility index (Phi) is 4.40. The first-order valence-electron chi connectivity index (χ1n) is 6.30. The van der Waals surface area contributed by atoms with Crippen LogP contribution in [0.1, 0.15) is 24.2 Å². The fourth-order valence-corrected chi connectivity index (χ4v) is 4.30. The lowest BCUT2D eigenvalue weighted by molar-refractivity contribution is 0.566. The van der Waals surface area contributed by atoms with Gasteiger partial charge in [0.15, 0.2) is 5.82 Å². The second-order valence-corrected chi connectivity index (χ2v) is 7.29. The number of nitrogens with one attached hydrogen (secondary N) is 1. The summed E-state index contributed by atoms with van der Waals surface area (Å²) in [5.41, 5.74) is 7.06. The number of anilines is 1. The van der Waals surface area contributed by atoms with Gasteiger partial charge in [-0.3, -0.25) is 4.68 Å². The van der Waals surface area contributed by atoms with Gasteiger partial charge in [0.05, 0.1) is 5.69 Å². The number of hydrogen-bond acceptors (Lipinski definition) is 4. The van der Waals surface area contributed by atoms with Crippen LogP contribution in [0.15, 0.2) is 33.6 Å². The van der Waals surface area contributed by atoms with Gasteiger partial charge in [-0.2, -0.15) is 5.10 Å². The van der Waals surface area contributed by atoms with Crippen LogP contribution in [0.2, 0.25) is 0 Å². The lowest BCUT2D eigenvalue weighted by atomic mass is 10.1. The number of hydrogen-bond donors (Lipinski definition) is 2. The summed E-state index contributed by atoms with van der Waals surface area (Å²) in [5.74, 6) is 0.00169. The normalized spacial score (nSPS) is 13.3. The maximum atomic E-state index is 12.5. The van der Waals surface area contributed by atoms with E-state index in [0.29, 0.717) is 5.69 Å². The first kappa shape index (κ1) is 16.0. The third-order valence-electron chi connectivity index (χ3n) is 3.28. The minimum absolute atomic E-state index is 0.00169. The highest BCUT2D eigenvalue weighted by Crippen LogP contribution is 2.27. The van der Waals surface area contributed by atoms with E-state index < -0.39 is 16.1 Å². The van der Waals surface area contributed by atoms with Crippen LogP contribution >= 0.6 is 15.9 Å². The van der Waals surface area contributed by atoms with Crippen LogP contribution in [-0.2, 0) is 17.1 Å². The molecule has 2 aromatic rings. The molecule has 0 bridgehead atoms. The SMILES string of the molecule is Cc1c(S(=O)(=O)NC(C)c2ccccc2Br)c(N)nn1C. The van der Waals surface area contributed by atoms with Gasteiger partial charge >= 0.3 is 0 Å². The highest BCUT2D eigenvalue weighted by molar-refractivity contribution is 9.10. The molecule has 0 fully saturated rings. The van der Waals surface area contributed by atoms with Crippen molar-refractivity contribution in [2.45, 2.75) is 24.8 Å². The zero-order valence-electron chi connectivity index (χ0n) is 12.0. The summed E-state index contributed by atoms with van der Waals surface area (Å²) in [6, 6.07) is 7.05. The fourth-order valence-electron chi connectivity index (χ4n) is 2.13. The summed E-state index contributed by atoms with van der Waals surface area (Å²) < 4.78 is 30.0. The topological polar surface area (TPSA) is 90.0 Å². The number of nitrogens with zero attached hydrogens (tertiary/aromatic N) is 2. The van der Waals surface area contributed by atoms with E-state index in [9.17, 15) is 8.42 Å². The van der Waals surface area contributed by atoms with Crippen molar-refractivity contribution in [3.8, 4) is 0 Å². The van der Waals surface area contributed by atoms with Crippen molar-refractivity contribution in [2.24, 2.45) is 7.05 Å².